The van der Waals surface area contributed by atoms with Crippen LogP contribution in [0.4, 0.5) is 0 Å². The van der Waals surface area contributed by atoms with Crippen LogP contribution in [0.2, 0.25) is 0 Å². The predicted molar refractivity (Wildman–Crippen MR) is 198 cm³/mol. The molecule has 1 aliphatic rings. The van der Waals surface area contributed by atoms with Crippen molar-refractivity contribution in [2.24, 2.45) is 0 Å². The van der Waals surface area contributed by atoms with Gasteiger partial charge in [-0.3, -0.25) is 0 Å². The maximum absolute atomic E-state index is 15.8. The molecule has 0 aliphatic carbocycles. The number of para-hydroxylation sites is 1. The van der Waals surface area contributed by atoms with E-state index in [9.17, 15) is 0 Å². The average Bonchev–Trinajstić information content (AvgIpc) is 3.46. The molecular formula is C44H30NOP. The minimum atomic E-state index is -3.23. The van der Waals surface area contributed by atoms with Gasteiger partial charge in [-0.2, -0.15) is 0 Å². The first-order valence-electron chi connectivity index (χ1n) is 16.0. The van der Waals surface area contributed by atoms with E-state index in [4.69, 9.17) is 0 Å². The van der Waals surface area contributed by atoms with Gasteiger partial charge in [0.05, 0.1) is 11.2 Å². The molecule has 3 heteroatoms. The molecule has 2 nitrogen and oxygen atoms in total. The Morgan fingerprint density at radius 1 is 0.426 bits per heavy atom. The van der Waals surface area contributed by atoms with Crippen LogP contribution in [0, 0.1) is 0 Å². The molecule has 0 bridgehead atoms. The molecule has 0 saturated heterocycles. The fourth-order valence-electron chi connectivity index (χ4n) is 7.32. The molecule has 0 radical (unpaired) electrons. The van der Waals surface area contributed by atoms with Gasteiger partial charge >= 0.3 is 0 Å². The Morgan fingerprint density at radius 3 is 1.72 bits per heavy atom. The normalized spacial score (nSPS) is 15.0. The van der Waals surface area contributed by atoms with Crippen molar-refractivity contribution in [3.8, 4) is 50.3 Å². The van der Waals surface area contributed by atoms with Crippen LogP contribution in [0.5, 0.6) is 0 Å². The highest BCUT2D eigenvalue weighted by atomic mass is 31.2. The molecule has 0 fully saturated rings. The quantitative estimate of drug-likeness (QED) is 0.180. The zero-order valence-corrected chi connectivity index (χ0v) is 26.5. The first-order valence-corrected chi connectivity index (χ1v) is 17.7. The van der Waals surface area contributed by atoms with E-state index in [1.165, 1.54) is 11.1 Å². The van der Waals surface area contributed by atoms with Crippen LogP contribution in [0.25, 0.3) is 61.2 Å². The van der Waals surface area contributed by atoms with E-state index in [0.717, 1.165) is 66.0 Å². The number of aromatic nitrogens is 1. The van der Waals surface area contributed by atoms with Crippen LogP contribution in [0.3, 0.4) is 0 Å². The summed E-state index contributed by atoms with van der Waals surface area (Å²) in [5, 5.41) is 3.74. The van der Waals surface area contributed by atoms with E-state index >= 15 is 4.57 Å². The number of fused-ring (bicyclic) bond motifs is 7. The van der Waals surface area contributed by atoms with Gasteiger partial charge in [-0.1, -0.05) is 158 Å². The summed E-state index contributed by atoms with van der Waals surface area (Å²) < 4.78 is 18.2. The highest BCUT2D eigenvalue weighted by Gasteiger charge is 2.39. The zero-order chi connectivity index (χ0) is 31.4. The summed E-state index contributed by atoms with van der Waals surface area (Å²) in [5.41, 5.74) is 11.1. The Labute approximate surface area is 274 Å². The van der Waals surface area contributed by atoms with Gasteiger partial charge in [-0.05, 0) is 52.1 Å². The highest BCUT2D eigenvalue weighted by molar-refractivity contribution is 7.85. The topological polar surface area (TPSA) is 22.0 Å². The van der Waals surface area contributed by atoms with Crippen LogP contribution in [-0.4, -0.2) is 4.57 Å². The van der Waals surface area contributed by atoms with Crippen molar-refractivity contribution in [1.29, 1.82) is 0 Å². The molecule has 1 aromatic heterocycles. The third-order valence-corrected chi connectivity index (χ3v) is 12.6. The molecule has 2 heterocycles. The Kier molecular flexibility index (Phi) is 6.45. The van der Waals surface area contributed by atoms with Crippen molar-refractivity contribution < 1.29 is 4.57 Å². The second-order valence-electron chi connectivity index (χ2n) is 12.1. The van der Waals surface area contributed by atoms with Crippen molar-refractivity contribution in [3.05, 3.63) is 182 Å². The molecule has 222 valence electrons. The van der Waals surface area contributed by atoms with Gasteiger partial charge < -0.3 is 9.13 Å². The highest BCUT2D eigenvalue weighted by Crippen LogP contribution is 2.54. The number of rotatable bonds is 4. The lowest BCUT2D eigenvalue weighted by Crippen LogP contribution is -2.26. The maximum Gasteiger partial charge on any atom is 0.172 e. The van der Waals surface area contributed by atoms with Gasteiger partial charge in [-0.25, -0.2) is 0 Å². The third kappa shape index (κ3) is 4.30. The summed E-state index contributed by atoms with van der Waals surface area (Å²) in [6.07, 6.45) is 0. The first-order chi connectivity index (χ1) is 23.2. The standard InChI is InChI=1S/C44H30NOP/c46-47(36-21-5-2-6-22-36)41-27-11-8-24-38(41)43-37-23-7-10-26-40(37)45(44(43)39-25-9-12-28-42(39)47)35-20-14-19-34(30-35)33-18-13-17-32(29-33)31-15-3-1-4-16-31/h1-30H. The second kappa shape index (κ2) is 11.0. The molecule has 9 rings (SSSR count). The van der Waals surface area contributed by atoms with Gasteiger partial charge in [0.1, 0.15) is 0 Å². The number of hydrogen-bond acceptors (Lipinski definition) is 1. The molecular weight excluding hydrogens is 589 g/mol. The monoisotopic (exact) mass is 619 g/mol. The third-order valence-electron chi connectivity index (χ3n) is 9.41. The van der Waals surface area contributed by atoms with Crippen LogP contribution < -0.4 is 15.9 Å². The van der Waals surface area contributed by atoms with Crippen LogP contribution in [0.15, 0.2) is 182 Å². The largest absolute Gasteiger partial charge is 0.309 e. The molecule has 1 unspecified atom stereocenters. The summed E-state index contributed by atoms with van der Waals surface area (Å²) in [4.78, 5) is 0. The van der Waals surface area contributed by atoms with E-state index in [2.05, 4.69) is 144 Å². The summed E-state index contributed by atoms with van der Waals surface area (Å²) in [7, 11) is -3.23. The lowest BCUT2D eigenvalue weighted by molar-refractivity contribution is 0.592. The van der Waals surface area contributed by atoms with Gasteiger partial charge in [0.25, 0.3) is 0 Å². The van der Waals surface area contributed by atoms with Crippen molar-refractivity contribution in [1.82, 2.24) is 4.57 Å². The number of benzene rings is 7. The van der Waals surface area contributed by atoms with E-state index in [1.807, 2.05) is 42.5 Å². The minimum absolute atomic E-state index is 0.848. The molecule has 7 aromatic carbocycles. The van der Waals surface area contributed by atoms with E-state index in [1.54, 1.807) is 0 Å². The van der Waals surface area contributed by atoms with E-state index < -0.39 is 7.14 Å². The lowest BCUT2D eigenvalue weighted by atomic mass is 9.98. The average molecular weight is 620 g/mol. The fraction of sp³-hybridized carbons (Fsp3) is 0. The van der Waals surface area contributed by atoms with Crippen LogP contribution in [0.1, 0.15) is 0 Å². The van der Waals surface area contributed by atoms with E-state index in [0.29, 0.717) is 0 Å². The Balaban J connectivity index is 1.34. The zero-order valence-electron chi connectivity index (χ0n) is 25.6. The van der Waals surface area contributed by atoms with Crippen molar-refractivity contribution >= 4 is 34.0 Å². The van der Waals surface area contributed by atoms with Crippen LogP contribution >= 0.6 is 7.14 Å². The van der Waals surface area contributed by atoms with Crippen molar-refractivity contribution in [3.63, 3.8) is 0 Å². The Bertz CT molecular complexity index is 2490. The molecule has 8 aromatic rings. The van der Waals surface area contributed by atoms with Gasteiger partial charge in [0, 0.05) is 38.1 Å². The molecule has 0 amide bonds. The number of nitrogens with zero attached hydrogens (tertiary/aromatic N) is 1. The summed E-state index contributed by atoms with van der Waals surface area (Å²) >= 11 is 0. The molecule has 0 spiro atoms. The summed E-state index contributed by atoms with van der Waals surface area (Å²) in [6.45, 7) is 0. The van der Waals surface area contributed by atoms with Crippen molar-refractivity contribution in [2.45, 2.75) is 0 Å². The number of hydrogen-bond donors (Lipinski definition) is 0. The van der Waals surface area contributed by atoms with Gasteiger partial charge in [0.2, 0.25) is 0 Å². The Hall–Kier alpha value is -5.69. The maximum atomic E-state index is 15.8. The van der Waals surface area contributed by atoms with E-state index in [-0.39, 0.29) is 0 Å². The molecule has 1 aliphatic heterocycles. The molecule has 0 saturated carbocycles. The lowest BCUT2D eigenvalue weighted by Gasteiger charge is -2.22. The molecule has 47 heavy (non-hydrogen) atoms. The molecule has 1 atom stereocenters. The summed E-state index contributed by atoms with van der Waals surface area (Å²) in [5.74, 6) is 0. The minimum Gasteiger partial charge on any atom is -0.309 e. The SMILES string of the molecule is O=P1(c2ccccc2)c2ccccc2-c2c(n(-c3cccc(-c4cccc(-c5ccccc5)c4)c3)c3ccccc23)-c2ccccc21. The first kappa shape index (κ1) is 27.6. The van der Waals surface area contributed by atoms with Crippen molar-refractivity contribution in [2.75, 3.05) is 0 Å². The van der Waals surface area contributed by atoms with Gasteiger partial charge in [0.15, 0.2) is 7.14 Å². The predicted octanol–water partition coefficient (Wildman–Crippen LogP) is 10.3. The Morgan fingerprint density at radius 2 is 0.957 bits per heavy atom. The summed E-state index contributed by atoms with van der Waals surface area (Å²) in [6, 6.07) is 63.3. The molecule has 0 N–H and O–H groups in total. The fourth-order valence-corrected chi connectivity index (χ4v) is 10.4. The smallest absolute Gasteiger partial charge is 0.172 e. The van der Waals surface area contributed by atoms with Crippen LogP contribution in [-0.2, 0) is 4.57 Å². The second-order valence-corrected chi connectivity index (χ2v) is 14.8. The van der Waals surface area contributed by atoms with Gasteiger partial charge in [-0.15, -0.1) is 0 Å².